The summed E-state index contributed by atoms with van der Waals surface area (Å²) in [6.07, 6.45) is 7.29. The quantitative estimate of drug-likeness (QED) is 0.749. The summed E-state index contributed by atoms with van der Waals surface area (Å²) >= 11 is 0. The van der Waals surface area contributed by atoms with Gasteiger partial charge in [-0.2, -0.15) is 0 Å². The number of hydrogen-bond acceptors (Lipinski definition) is 5. The van der Waals surface area contributed by atoms with Gasteiger partial charge in [-0.15, -0.1) is 0 Å². The van der Waals surface area contributed by atoms with Crippen molar-refractivity contribution in [2.75, 3.05) is 19.7 Å². The summed E-state index contributed by atoms with van der Waals surface area (Å²) in [6.45, 7) is 3.24. The number of piperidine rings is 1. The van der Waals surface area contributed by atoms with E-state index in [9.17, 15) is 13.6 Å². The topological polar surface area (TPSA) is 64.5 Å². The monoisotopic (exact) mass is 403 g/mol. The van der Waals surface area contributed by atoms with Crippen molar-refractivity contribution in [2.24, 2.45) is 5.92 Å². The molecule has 0 radical (unpaired) electrons. The minimum Gasteiger partial charge on any atom is -0.487 e. The van der Waals surface area contributed by atoms with E-state index in [1.54, 1.807) is 4.90 Å². The van der Waals surface area contributed by atoms with E-state index in [0.717, 1.165) is 12.8 Å². The van der Waals surface area contributed by atoms with Gasteiger partial charge in [-0.3, -0.25) is 0 Å². The summed E-state index contributed by atoms with van der Waals surface area (Å²) in [7, 11) is 0. The Morgan fingerprint density at radius 1 is 1.14 bits per heavy atom. The van der Waals surface area contributed by atoms with Crippen LogP contribution >= 0.6 is 0 Å². The number of amides is 1. The summed E-state index contributed by atoms with van der Waals surface area (Å²) in [5, 5.41) is 0. The summed E-state index contributed by atoms with van der Waals surface area (Å²) in [5.41, 5.74) is 0.588. The van der Waals surface area contributed by atoms with Gasteiger partial charge in [0.2, 0.25) is 0 Å². The van der Waals surface area contributed by atoms with Crippen molar-refractivity contribution in [2.45, 2.75) is 38.2 Å². The minimum atomic E-state index is -0.762. The van der Waals surface area contributed by atoms with Gasteiger partial charge in [0.1, 0.15) is 11.9 Å². The van der Waals surface area contributed by atoms with Crippen molar-refractivity contribution in [3.8, 4) is 16.9 Å². The largest absolute Gasteiger partial charge is 0.487 e. The van der Waals surface area contributed by atoms with Crippen LogP contribution in [0.2, 0.25) is 0 Å². The van der Waals surface area contributed by atoms with Gasteiger partial charge >= 0.3 is 6.09 Å². The fourth-order valence-electron chi connectivity index (χ4n) is 3.35. The Bertz CT molecular complexity index is 859. The molecule has 8 heteroatoms. The minimum absolute atomic E-state index is 0.122. The summed E-state index contributed by atoms with van der Waals surface area (Å²) in [6, 6.07) is 2.43. The Labute approximate surface area is 167 Å². The van der Waals surface area contributed by atoms with Gasteiger partial charge in [0.25, 0.3) is 0 Å². The van der Waals surface area contributed by atoms with Crippen LogP contribution in [-0.2, 0) is 4.74 Å². The molecule has 0 atom stereocenters. The van der Waals surface area contributed by atoms with Gasteiger partial charge in [0, 0.05) is 31.0 Å². The SMILES string of the molecule is CC1(OC(=O)N2CCC(COc3c(F)cc(-c4cncnc4)cc3F)CC2)CC1. The van der Waals surface area contributed by atoms with Crippen LogP contribution in [0, 0.1) is 17.6 Å². The normalized spacial score (nSPS) is 18.4. The Kier molecular flexibility index (Phi) is 5.34. The smallest absolute Gasteiger partial charge is 0.410 e. The molecule has 1 aliphatic heterocycles. The van der Waals surface area contributed by atoms with Crippen LogP contribution in [0.3, 0.4) is 0 Å². The molecular weight excluding hydrogens is 380 g/mol. The van der Waals surface area contributed by atoms with E-state index in [4.69, 9.17) is 9.47 Å². The zero-order valence-electron chi connectivity index (χ0n) is 16.2. The standard InChI is InChI=1S/C21H23F2N3O3/c1-21(4-5-21)29-20(27)26-6-2-14(3-7-26)12-28-19-17(22)8-15(9-18(19)23)16-10-24-13-25-11-16/h8-11,13-14H,2-7,12H2,1H3. The molecule has 1 aliphatic carbocycles. The van der Waals surface area contributed by atoms with E-state index in [2.05, 4.69) is 9.97 Å². The average Bonchev–Trinajstić information content (AvgIpc) is 3.45. The molecule has 2 heterocycles. The molecule has 2 aromatic rings. The van der Waals surface area contributed by atoms with Crippen molar-refractivity contribution in [1.29, 1.82) is 0 Å². The molecule has 154 valence electrons. The molecule has 1 aromatic carbocycles. The molecule has 29 heavy (non-hydrogen) atoms. The first-order valence-electron chi connectivity index (χ1n) is 9.79. The van der Waals surface area contributed by atoms with Crippen molar-refractivity contribution in [3.05, 3.63) is 42.5 Å². The summed E-state index contributed by atoms with van der Waals surface area (Å²) < 4.78 is 39.8. The highest BCUT2D eigenvalue weighted by Crippen LogP contribution is 2.39. The van der Waals surface area contributed by atoms with E-state index in [1.807, 2.05) is 6.92 Å². The van der Waals surface area contributed by atoms with Gasteiger partial charge in [0.15, 0.2) is 17.4 Å². The lowest BCUT2D eigenvalue weighted by Gasteiger charge is -2.32. The third-order valence-corrected chi connectivity index (χ3v) is 5.52. The highest BCUT2D eigenvalue weighted by Gasteiger charge is 2.43. The lowest BCUT2D eigenvalue weighted by molar-refractivity contribution is 0.0453. The van der Waals surface area contributed by atoms with Gasteiger partial charge in [-0.1, -0.05) is 0 Å². The highest BCUT2D eigenvalue weighted by molar-refractivity contribution is 5.68. The van der Waals surface area contributed by atoms with E-state index >= 15 is 0 Å². The fraction of sp³-hybridized carbons (Fsp3) is 0.476. The first kappa shape index (κ1) is 19.5. The van der Waals surface area contributed by atoms with E-state index < -0.39 is 11.6 Å². The predicted molar refractivity (Wildman–Crippen MR) is 101 cm³/mol. The van der Waals surface area contributed by atoms with Gasteiger partial charge in [-0.25, -0.2) is 23.5 Å². The van der Waals surface area contributed by atoms with Crippen LogP contribution in [0.4, 0.5) is 13.6 Å². The maximum atomic E-state index is 14.4. The second-order valence-electron chi connectivity index (χ2n) is 7.96. The Morgan fingerprint density at radius 3 is 2.34 bits per heavy atom. The third kappa shape index (κ3) is 4.63. The molecule has 1 aromatic heterocycles. The fourth-order valence-corrected chi connectivity index (χ4v) is 3.35. The van der Waals surface area contributed by atoms with Crippen molar-refractivity contribution in [3.63, 3.8) is 0 Å². The molecule has 1 saturated heterocycles. The first-order chi connectivity index (χ1) is 13.9. The molecule has 0 spiro atoms. The molecule has 0 unspecified atom stereocenters. The maximum absolute atomic E-state index is 14.4. The van der Waals surface area contributed by atoms with E-state index in [1.165, 1.54) is 30.9 Å². The number of benzene rings is 1. The molecular formula is C21H23F2N3O3. The zero-order valence-corrected chi connectivity index (χ0v) is 16.2. The Balaban J connectivity index is 1.31. The molecule has 0 bridgehead atoms. The molecule has 2 fully saturated rings. The van der Waals surface area contributed by atoms with Crippen LogP contribution in [0.25, 0.3) is 11.1 Å². The number of hydrogen-bond donors (Lipinski definition) is 0. The van der Waals surface area contributed by atoms with Crippen molar-refractivity contribution < 1.29 is 23.0 Å². The van der Waals surface area contributed by atoms with E-state index in [-0.39, 0.29) is 30.0 Å². The second kappa shape index (κ2) is 7.93. The molecule has 2 aliphatic rings. The number of carbonyl (C=O) groups excluding carboxylic acids is 1. The van der Waals surface area contributed by atoms with Gasteiger partial charge in [-0.05, 0) is 56.2 Å². The van der Waals surface area contributed by atoms with E-state index in [0.29, 0.717) is 37.1 Å². The average molecular weight is 403 g/mol. The van der Waals surface area contributed by atoms with Crippen LogP contribution in [0.15, 0.2) is 30.9 Å². The van der Waals surface area contributed by atoms with Crippen LogP contribution in [-0.4, -0.2) is 46.3 Å². The summed E-state index contributed by atoms with van der Waals surface area (Å²) in [4.78, 5) is 21.5. The lowest BCUT2D eigenvalue weighted by atomic mass is 9.98. The molecule has 1 amide bonds. The molecule has 6 nitrogen and oxygen atoms in total. The predicted octanol–water partition coefficient (Wildman–Crippen LogP) is 4.20. The number of likely N-dealkylation sites (tertiary alicyclic amines) is 1. The van der Waals surface area contributed by atoms with Crippen LogP contribution < -0.4 is 4.74 Å². The third-order valence-electron chi connectivity index (χ3n) is 5.52. The van der Waals surface area contributed by atoms with Crippen LogP contribution in [0.1, 0.15) is 32.6 Å². The number of aromatic nitrogens is 2. The Hall–Kier alpha value is -2.77. The first-order valence-corrected chi connectivity index (χ1v) is 9.79. The number of rotatable bonds is 5. The molecule has 4 rings (SSSR count). The van der Waals surface area contributed by atoms with Gasteiger partial charge in [0.05, 0.1) is 6.61 Å². The number of carbonyl (C=O) groups is 1. The number of nitrogens with zero attached hydrogens (tertiary/aromatic N) is 3. The highest BCUT2D eigenvalue weighted by atomic mass is 19.1. The van der Waals surface area contributed by atoms with Gasteiger partial charge < -0.3 is 14.4 Å². The number of halogens is 2. The maximum Gasteiger partial charge on any atom is 0.410 e. The number of ether oxygens (including phenoxy) is 2. The van der Waals surface area contributed by atoms with Crippen LogP contribution in [0.5, 0.6) is 5.75 Å². The molecule has 1 saturated carbocycles. The molecule has 0 N–H and O–H groups in total. The summed E-state index contributed by atoms with van der Waals surface area (Å²) in [5.74, 6) is -1.78. The lowest BCUT2D eigenvalue weighted by Crippen LogP contribution is -2.41. The Morgan fingerprint density at radius 2 is 1.76 bits per heavy atom. The van der Waals surface area contributed by atoms with Crippen molar-refractivity contribution >= 4 is 6.09 Å². The van der Waals surface area contributed by atoms with Crippen molar-refractivity contribution in [1.82, 2.24) is 14.9 Å². The second-order valence-corrected chi connectivity index (χ2v) is 7.96. The zero-order chi connectivity index (χ0) is 20.4.